The Labute approximate surface area is 225 Å². The van der Waals surface area contributed by atoms with E-state index >= 15 is 0 Å². The molecular weight excluding hydrogens is 504 g/mol. The van der Waals surface area contributed by atoms with Gasteiger partial charge in [0, 0.05) is 50.2 Å². The smallest absolute Gasteiger partial charge is 0.251 e. The lowest BCUT2D eigenvalue weighted by Gasteiger charge is -2.33. The van der Waals surface area contributed by atoms with E-state index in [1.54, 1.807) is 18.3 Å². The van der Waals surface area contributed by atoms with Gasteiger partial charge >= 0.3 is 0 Å². The third-order valence-corrected chi connectivity index (χ3v) is 7.39. The fourth-order valence-corrected chi connectivity index (χ4v) is 4.94. The standard InChI is InChI=1S/C28H34N4O5S/c1-38(36)26-16-24(7-8-25(26)34)37-19-23(33)18-30-22-10-13-32(14-11-22)27-15-21(9-12-29-27)28(35)31-17-20-5-3-2-4-6-20/h2-9,12,15-16,22-23,30,33-34H,10-11,13-14,17-19H2,1H3,(H,31,35). The molecule has 1 amide bonds. The zero-order valence-corrected chi connectivity index (χ0v) is 22.2. The topological polar surface area (TPSA) is 124 Å². The van der Waals surface area contributed by atoms with Gasteiger partial charge in [-0.05, 0) is 48.7 Å². The van der Waals surface area contributed by atoms with Crippen molar-refractivity contribution in [3.05, 3.63) is 78.0 Å². The van der Waals surface area contributed by atoms with Crippen molar-refractivity contribution in [2.45, 2.75) is 36.4 Å². The number of hydrogen-bond donors (Lipinski definition) is 4. The third kappa shape index (κ3) is 7.77. The first-order valence-electron chi connectivity index (χ1n) is 12.6. The second kappa shape index (κ2) is 13.4. The van der Waals surface area contributed by atoms with Gasteiger partial charge in [0.25, 0.3) is 5.91 Å². The Bertz CT molecular complexity index is 1230. The molecule has 0 radical (unpaired) electrons. The molecule has 1 saturated heterocycles. The molecule has 2 atom stereocenters. The number of nitrogens with one attached hydrogen (secondary N) is 2. The Morgan fingerprint density at radius 2 is 1.92 bits per heavy atom. The molecule has 2 unspecified atom stereocenters. The molecule has 1 aliphatic rings. The van der Waals surface area contributed by atoms with E-state index in [0.29, 0.717) is 29.3 Å². The van der Waals surface area contributed by atoms with Crippen molar-refractivity contribution in [1.82, 2.24) is 15.6 Å². The minimum atomic E-state index is -1.33. The van der Waals surface area contributed by atoms with Crippen LogP contribution in [-0.2, 0) is 17.3 Å². The molecule has 1 fully saturated rings. The molecule has 10 heteroatoms. The number of piperidine rings is 1. The average molecular weight is 539 g/mol. The maximum absolute atomic E-state index is 12.6. The highest BCUT2D eigenvalue weighted by Crippen LogP contribution is 2.25. The lowest BCUT2D eigenvalue weighted by Crippen LogP contribution is -2.45. The number of hydrogen-bond acceptors (Lipinski definition) is 8. The van der Waals surface area contributed by atoms with Crippen LogP contribution in [-0.4, -0.2) is 70.0 Å². The molecule has 0 spiro atoms. The number of aliphatic hydroxyl groups excluding tert-OH is 1. The normalized spacial score (nSPS) is 15.6. The van der Waals surface area contributed by atoms with Gasteiger partial charge in [-0.1, -0.05) is 30.3 Å². The molecule has 2 heterocycles. The first-order chi connectivity index (χ1) is 18.4. The minimum absolute atomic E-state index is 0.0417. The van der Waals surface area contributed by atoms with Crippen molar-refractivity contribution in [2.75, 3.05) is 37.4 Å². The number of carbonyl (C=O) groups is 1. The van der Waals surface area contributed by atoms with Crippen LogP contribution < -0.4 is 20.3 Å². The molecule has 0 bridgehead atoms. The number of aromatic hydroxyl groups is 1. The molecule has 38 heavy (non-hydrogen) atoms. The molecule has 4 rings (SSSR count). The summed E-state index contributed by atoms with van der Waals surface area (Å²) in [7, 11) is -1.33. The van der Waals surface area contributed by atoms with E-state index < -0.39 is 16.9 Å². The zero-order chi connectivity index (χ0) is 26.9. The fourth-order valence-electron chi connectivity index (χ4n) is 4.29. The van der Waals surface area contributed by atoms with Gasteiger partial charge in [-0.15, -0.1) is 0 Å². The first kappa shape index (κ1) is 27.6. The molecule has 202 valence electrons. The van der Waals surface area contributed by atoms with Crippen molar-refractivity contribution in [1.29, 1.82) is 0 Å². The Kier molecular flexibility index (Phi) is 9.69. The molecule has 2 aromatic carbocycles. The van der Waals surface area contributed by atoms with Gasteiger partial charge in [-0.2, -0.15) is 0 Å². The van der Waals surface area contributed by atoms with Crippen molar-refractivity contribution in [3.63, 3.8) is 0 Å². The highest BCUT2D eigenvalue weighted by Gasteiger charge is 2.21. The SMILES string of the molecule is CS(=O)c1cc(OCC(O)CNC2CCN(c3cc(C(=O)NCc4ccccc4)ccn3)CC2)ccc1O. The number of aliphatic hydroxyl groups is 1. The summed E-state index contributed by atoms with van der Waals surface area (Å²) in [6, 6.07) is 18.1. The zero-order valence-electron chi connectivity index (χ0n) is 21.4. The average Bonchev–Trinajstić information content (AvgIpc) is 2.95. The number of carbonyl (C=O) groups excluding carboxylic acids is 1. The number of phenolic OH excluding ortho intramolecular Hbond substituents is 1. The summed E-state index contributed by atoms with van der Waals surface area (Å²) in [6.45, 7) is 2.51. The van der Waals surface area contributed by atoms with Gasteiger partial charge in [0.15, 0.2) is 0 Å². The third-order valence-electron chi connectivity index (χ3n) is 6.45. The van der Waals surface area contributed by atoms with Crippen LogP contribution in [0.1, 0.15) is 28.8 Å². The van der Waals surface area contributed by atoms with Gasteiger partial charge in [-0.25, -0.2) is 4.98 Å². The van der Waals surface area contributed by atoms with Crippen molar-refractivity contribution < 1.29 is 24.0 Å². The Morgan fingerprint density at radius 3 is 2.66 bits per heavy atom. The number of pyridine rings is 1. The summed E-state index contributed by atoms with van der Waals surface area (Å²) in [6.07, 6.45) is 4.19. The summed E-state index contributed by atoms with van der Waals surface area (Å²) >= 11 is 0. The number of nitrogens with zero attached hydrogens (tertiary/aromatic N) is 2. The predicted octanol–water partition coefficient (Wildman–Crippen LogP) is 2.45. The van der Waals surface area contributed by atoms with Crippen LogP contribution in [0.3, 0.4) is 0 Å². The maximum Gasteiger partial charge on any atom is 0.251 e. The number of anilines is 1. The largest absolute Gasteiger partial charge is 0.507 e. The van der Waals surface area contributed by atoms with Crippen LogP contribution in [0.25, 0.3) is 0 Å². The quantitative estimate of drug-likeness (QED) is 0.294. The maximum atomic E-state index is 12.6. The monoisotopic (exact) mass is 538 g/mol. The minimum Gasteiger partial charge on any atom is -0.507 e. The lowest BCUT2D eigenvalue weighted by atomic mass is 10.0. The molecule has 3 aromatic rings. The number of phenols is 1. The summed E-state index contributed by atoms with van der Waals surface area (Å²) in [4.78, 5) is 19.6. The molecule has 1 aliphatic heterocycles. The van der Waals surface area contributed by atoms with E-state index in [2.05, 4.69) is 20.5 Å². The van der Waals surface area contributed by atoms with E-state index in [0.717, 1.165) is 37.3 Å². The number of rotatable bonds is 11. The van der Waals surface area contributed by atoms with Gasteiger partial charge in [0.05, 0.1) is 15.7 Å². The molecule has 9 nitrogen and oxygen atoms in total. The van der Waals surface area contributed by atoms with E-state index in [4.69, 9.17) is 4.74 Å². The number of ether oxygens (including phenoxy) is 1. The van der Waals surface area contributed by atoms with E-state index in [-0.39, 0.29) is 24.3 Å². The Morgan fingerprint density at radius 1 is 1.16 bits per heavy atom. The molecule has 0 aliphatic carbocycles. The summed E-state index contributed by atoms with van der Waals surface area (Å²) < 4.78 is 17.3. The highest BCUT2D eigenvalue weighted by molar-refractivity contribution is 7.84. The van der Waals surface area contributed by atoms with Gasteiger partial charge in [0.1, 0.15) is 30.0 Å². The van der Waals surface area contributed by atoms with Crippen LogP contribution >= 0.6 is 0 Å². The first-order valence-corrected chi connectivity index (χ1v) is 14.2. The van der Waals surface area contributed by atoms with Crippen LogP contribution in [0.5, 0.6) is 11.5 Å². The predicted molar refractivity (Wildman–Crippen MR) is 147 cm³/mol. The summed E-state index contributed by atoms with van der Waals surface area (Å²) in [5.41, 5.74) is 1.63. The summed E-state index contributed by atoms with van der Waals surface area (Å²) in [5.74, 6) is 1.06. The van der Waals surface area contributed by atoms with E-state index in [1.165, 1.54) is 18.4 Å². The van der Waals surface area contributed by atoms with Gasteiger partial charge < -0.3 is 30.5 Å². The molecular formula is C28H34N4O5S. The van der Waals surface area contributed by atoms with Crippen LogP contribution in [0.15, 0.2) is 71.8 Å². The van der Waals surface area contributed by atoms with Crippen LogP contribution in [0.2, 0.25) is 0 Å². The van der Waals surface area contributed by atoms with E-state index in [1.807, 2.05) is 36.4 Å². The van der Waals surface area contributed by atoms with Crippen LogP contribution in [0, 0.1) is 0 Å². The second-order valence-electron chi connectivity index (χ2n) is 9.29. The Hall–Kier alpha value is -3.47. The molecule has 1 aromatic heterocycles. The fraction of sp³-hybridized carbons (Fsp3) is 0.357. The summed E-state index contributed by atoms with van der Waals surface area (Å²) in [5, 5.41) is 26.5. The highest BCUT2D eigenvalue weighted by atomic mass is 32.2. The lowest BCUT2D eigenvalue weighted by molar-refractivity contribution is 0.0950. The Balaban J connectivity index is 1.19. The van der Waals surface area contributed by atoms with Gasteiger partial charge in [0.2, 0.25) is 0 Å². The van der Waals surface area contributed by atoms with Crippen molar-refractivity contribution >= 4 is 22.5 Å². The van der Waals surface area contributed by atoms with Crippen molar-refractivity contribution in [3.8, 4) is 11.5 Å². The van der Waals surface area contributed by atoms with E-state index in [9.17, 15) is 19.2 Å². The number of amides is 1. The molecule has 0 saturated carbocycles. The van der Waals surface area contributed by atoms with Crippen molar-refractivity contribution in [2.24, 2.45) is 0 Å². The number of benzene rings is 2. The van der Waals surface area contributed by atoms with Crippen LogP contribution in [0.4, 0.5) is 5.82 Å². The second-order valence-corrected chi connectivity index (χ2v) is 10.6. The van der Waals surface area contributed by atoms with Gasteiger partial charge in [-0.3, -0.25) is 9.00 Å². The number of aromatic nitrogens is 1. The molecule has 4 N–H and O–H groups in total.